The van der Waals surface area contributed by atoms with E-state index < -0.39 is 46.7 Å². The van der Waals surface area contributed by atoms with Crippen LogP contribution in [0.2, 0.25) is 0 Å². The first-order chi connectivity index (χ1) is 20.1. The van der Waals surface area contributed by atoms with E-state index in [9.17, 15) is 24.3 Å². The second-order valence-corrected chi connectivity index (χ2v) is 12.1. The average Bonchev–Trinajstić information content (AvgIpc) is 2.98. The highest BCUT2D eigenvalue weighted by atomic mass is 32.2. The van der Waals surface area contributed by atoms with Crippen LogP contribution in [0.25, 0.3) is 0 Å². The smallest absolute Gasteiger partial charge is 0.360 e. The molecule has 224 valence electrons. The molecule has 0 unspecified atom stereocenters. The lowest BCUT2D eigenvalue weighted by Gasteiger charge is -2.58. The Morgan fingerprint density at radius 3 is 2.40 bits per heavy atom. The van der Waals surface area contributed by atoms with Crippen molar-refractivity contribution in [2.24, 2.45) is 17.8 Å². The predicted molar refractivity (Wildman–Crippen MR) is 157 cm³/mol. The Balaban J connectivity index is 1.49. The van der Waals surface area contributed by atoms with Crippen molar-refractivity contribution in [3.63, 3.8) is 0 Å². The zero-order chi connectivity index (χ0) is 30.4. The molecule has 0 saturated carbocycles. The molecule has 2 heterocycles. The van der Waals surface area contributed by atoms with Gasteiger partial charge in [0.1, 0.15) is 24.7 Å². The molecule has 42 heavy (non-hydrogen) atoms. The largest absolute Gasteiger partial charge is 0.497 e. The highest BCUT2D eigenvalue weighted by Gasteiger charge is 2.67. The first-order valence-corrected chi connectivity index (χ1v) is 14.9. The number of carbonyl (C=O) groups excluding carboxylic acids is 4. The predicted octanol–water partition coefficient (Wildman–Crippen LogP) is 3.92. The van der Waals surface area contributed by atoms with Crippen LogP contribution in [-0.4, -0.2) is 64.2 Å². The number of aliphatic hydroxyl groups is 1. The summed E-state index contributed by atoms with van der Waals surface area (Å²) in [5.74, 6) is -4.00. The summed E-state index contributed by atoms with van der Waals surface area (Å²) in [5.41, 5.74) is 0.117. The van der Waals surface area contributed by atoms with Gasteiger partial charge in [0, 0.05) is 24.5 Å². The fourth-order valence-electron chi connectivity index (χ4n) is 5.21. The van der Waals surface area contributed by atoms with Gasteiger partial charge in [0.25, 0.3) is 0 Å². The van der Waals surface area contributed by atoms with Crippen molar-refractivity contribution in [1.82, 2.24) is 4.90 Å². The van der Waals surface area contributed by atoms with E-state index >= 15 is 0 Å². The SMILES string of the molecule is COc1ccc(COC(=O)[C@@H](C)[C@H]2CS[C@@H]3[C@H](CC(=O)Cc4ccccc4)C(=O)N3[C@]2(O)C(=O)OCC=C(C)C)cc1. The number of esters is 2. The second-order valence-electron chi connectivity index (χ2n) is 10.9. The van der Waals surface area contributed by atoms with Gasteiger partial charge in [-0.15, -0.1) is 11.8 Å². The van der Waals surface area contributed by atoms with E-state index in [-0.39, 0.29) is 37.6 Å². The van der Waals surface area contributed by atoms with Crippen molar-refractivity contribution in [3.8, 4) is 5.75 Å². The summed E-state index contributed by atoms with van der Waals surface area (Å²) >= 11 is 1.35. The van der Waals surface area contributed by atoms with Gasteiger partial charge in [-0.1, -0.05) is 55.0 Å². The van der Waals surface area contributed by atoms with Gasteiger partial charge in [0.15, 0.2) is 0 Å². The van der Waals surface area contributed by atoms with E-state index in [1.165, 1.54) is 11.8 Å². The third-order valence-electron chi connectivity index (χ3n) is 7.70. The van der Waals surface area contributed by atoms with Crippen LogP contribution in [0.4, 0.5) is 0 Å². The third-order valence-corrected chi connectivity index (χ3v) is 9.13. The van der Waals surface area contributed by atoms with Crippen molar-refractivity contribution in [3.05, 3.63) is 77.4 Å². The summed E-state index contributed by atoms with van der Waals surface area (Å²) in [6, 6.07) is 16.3. The number of hydrogen-bond acceptors (Lipinski definition) is 9. The van der Waals surface area contributed by atoms with Gasteiger partial charge in [-0.3, -0.25) is 19.3 Å². The topological polar surface area (TPSA) is 119 Å². The monoisotopic (exact) mass is 595 g/mol. The number of fused-ring (bicyclic) bond motifs is 1. The molecular weight excluding hydrogens is 558 g/mol. The highest BCUT2D eigenvalue weighted by Crippen LogP contribution is 2.51. The molecule has 0 spiro atoms. The molecule has 0 aromatic heterocycles. The molecular formula is C32H37NO8S. The number of Topliss-reactive ketones (excluding diaryl/α,β-unsaturated/α-hetero) is 1. The van der Waals surface area contributed by atoms with E-state index in [4.69, 9.17) is 14.2 Å². The van der Waals surface area contributed by atoms with E-state index in [0.29, 0.717) is 5.75 Å². The molecule has 2 aromatic rings. The minimum Gasteiger partial charge on any atom is -0.497 e. The van der Waals surface area contributed by atoms with Gasteiger partial charge < -0.3 is 19.3 Å². The number of thioether (sulfide) groups is 1. The standard InChI is InChI=1S/C32H37NO8S/c1-20(2)14-15-40-31(37)32(38)27(21(3)30(36)41-18-23-10-12-25(39-4)13-11-23)19-42-29-26(28(35)33(29)32)17-24(34)16-22-8-6-5-7-9-22/h5-14,21,26-27,29,38H,15-19H2,1-4H3/t21-,26+,27+,29+,32+/m0/s1. The summed E-state index contributed by atoms with van der Waals surface area (Å²) < 4.78 is 16.1. The lowest BCUT2D eigenvalue weighted by Crippen LogP contribution is -2.77. The maximum Gasteiger partial charge on any atom is 0.360 e. The summed E-state index contributed by atoms with van der Waals surface area (Å²) in [7, 11) is 1.56. The molecule has 2 aliphatic heterocycles. The number of ketones is 1. The summed E-state index contributed by atoms with van der Waals surface area (Å²) in [4.78, 5) is 54.0. The Kier molecular flexibility index (Phi) is 10.1. The van der Waals surface area contributed by atoms with Gasteiger partial charge >= 0.3 is 11.9 Å². The van der Waals surface area contributed by atoms with E-state index in [2.05, 4.69) is 0 Å². The zero-order valence-electron chi connectivity index (χ0n) is 24.3. The van der Waals surface area contributed by atoms with Crippen LogP contribution in [0.15, 0.2) is 66.2 Å². The molecule has 1 N–H and O–H groups in total. The van der Waals surface area contributed by atoms with E-state index in [0.717, 1.165) is 21.6 Å². The highest BCUT2D eigenvalue weighted by molar-refractivity contribution is 8.00. The molecule has 9 nitrogen and oxygen atoms in total. The van der Waals surface area contributed by atoms with Gasteiger partial charge in [0.2, 0.25) is 11.6 Å². The maximum atomic E-state index is 13.4. The van der Waals surface area contributed by atoms with Crippen molar-refractivity contribution in [1.29, 1.82) is 0 Å². The molecule has 2 aromatic carbocycles. The van der Waals surface area contributed by atoms with Crippen LogP contribution >= 0.6 is 11.8 Å². The Labute approximate surface area is 250 Å². The summed E-state index contributed by atoms with van der Waals surface area (Å²) in [5, 5.41) is 11.4. The Bertz CT molecular complexity index is 1320. The molecule has 0 bridgehead atoms. The van der Waals surface area contributed by atoms with Crippen LogP contribution in [-0.2, 0) is 41.7 Å². The molecule has 1 amide bonds. The molecule has 5 atom stereocenters. The lowest BCUT2D eigenvalue weighted by atomic mass is 9.79. The first kappa shape index (κ1) is 31.3. The van der Waals surface area contributed by atoms with Crippen LogP contribution in [0.5, 0.6) is 5.75 Å². The number of β-lactam (4-membered cyclic amide) rings is 1. The summed E-state index contributed by atoms with van der Waals surface area (Å²) in [6.07, 6.45) is 1.87. The molecule has 0 aliphatic carbocycles. The van der Waals surface area contributed by atoms with Crippen molar-refractivity contribution in [2.75, 3.05) is 19.5 Å². The number of allylic oxidation sites excluding steroid dienone is 1. The number of carbonyl (C=O) groups is 4. The average molecular weight is 596 g/mol. The number of amides is 1. The Morgan fingerprint density at radius 2 is 1.76 bits per heavy atom. The number of hydrogen-bond donors (Lipinski definition) is 1. The normalized spacial score (nSPS) is 23.6. The fraction of sp³-hybridized carbons (Fsp3) is 0.438. The van der Waals surface area contributed by atoms with Crippen LogP contribution in [0, 0.1) is 17.8 Å². The molecule has 4 rings (SSSR count). The van der Waals surface area contributed by atoms with E-state index in [1.807, 2.05) is 44.2 Å². The maximum absolute atomic E-state index is 13.4. The Hall–Kier alpha value is -3.63. The number of rotatable bonds is 12. The second kappa shape index (κ2) is 13.6. The fourth-order valence-corrected chi connectivity index (χ4v) is 6.99. The zero-order valence-corrected chi connectivity index (χ0v) is 25.1. The molecule has 10 heteroatoms. The minimum absolute atomic E-state index is 0.00505. The summed E-state index contributed by atoms with van der Waals surface area (Å²) in [6.45, 7) is 5.16. The van der Waals surface area contributed by atoms with Gasteiger partial charge in [-0.05, 0) is 43.2 Å². The van der Waals surface area contributed by atoms with Crippen molar-refractivity contribution >= 4 is 35.4 Å². The van der Waals surface area contributed by atoms with Crippen molar-refractivity contribution in [2.45, 2.75) is 51.3 Å². The number of methoxy groups -OCH3 is 1. The lowest BCUT2D eigenvalue weighted by molar-refractivity contribution is -0.229. The van der Waals surface area contributed by atoms with Gasteiger partial charge in [-0.2, -0.15) is 0 Å². The molecule has 0 radical (unpaired) electrons. The minimum atomic E-state index is -2.39. The Morgan fingerprint density at radius 1 is 1.07 bits per heavy atom. The third kappa shape index (κ3) is 6.71. The van der Waals surface area contributed by atoms with E-state index in [1.54, 1.807) is 44.4 Å². The quantitative estimate of drug-likeness (QED) is 0.221. The van der Waals surface area contributed by atoms with Crippen molar-refractivity contribution < 1.29 is 38.5 Å². The van der Waals surface area contributed by atoms with Crippen LogP contribution < -0.4 is 4.74 Å². The molecule has 2 aliphatic rings. The molecule has 2 fully saturated rings. The van der Waals surface area contributed by atoms with Gasteiger partial charge in [-0.25, -0.2) is 4.79 Å². The number of ether oxygens (including phenoxy) is 3. The van der Waals surface area contributed by atoms with Gasteiger partial charge in [0.05, 0.1) is 24.3 Å². The first-order valence-electron chi connectivity index (χ1n) is 13.9. The van der Waals surface area contributed by atoms with Crippen LogP contribution in [0.1, 0.15) is 38.3 Å². The van der Waals surface area contributed by atoms with Crippen LogP contribution in [0.3, 0.4) is 0 Å². The number of benzene rings is 2. The number of nitrogens with zero attached hydrogens (tertiary/aromatic N) is 1. The molecule has 2 saturated heterocycles.